The van der Waals surface area contributed by atoms with Crippen molar-refractivity contribution in [2.24, 2.45) is 5.92 Å². The molecule has 0 saturated carbocycles. The van der Waals surface area contributed by atoms with Crippen LogP contribution >= 0.6 is 11.6 Å². The Balaban J connectivity index is 2.37. The maximum atomic E-state index is 12.7. The number of nitrogens with one attached hydrogen (secondary N) is 1. The van der Waals surface area contributed by atoms with Crippen LogP contribution in [0.2, 0.25) is 5.02 Å². The fraction of sp³-hybridized carbons (Fsp3) is 0.533. The molecule has 2 amide bonds. The first-order chi connectivity index (χ1) is 9.74. The van der Waals surface area contributed by atoms with Gasteiger partial charge in [0, 0.05) is 18.9 Å². The molecule has 0 bridgehead atoms. The molecule has 1 atom stereocenters. The van der Waals surface area contributed by atoms with Crippen molar-refractivity contribution in [2.75, 3.05) is 0 Å². The number of nitrogens with zero attached hydrogens (tertiary/aromatic N) is 2. The molecule has 1 aliphatic rings. The van der Waals surface area contributed by atoms with E-state index in [0.29, 0.717) is 11.6 Å². The van der Waals surface area contributed by atoms with E-state index in [1.165, 1.54) is 0 Å². The molecule has 1 fully saturated rings. The van der Waals surface area contributed by atoms with Crippen LogP contribution < -0.4 is 5.32 Å². The van der Waals surface area contributed by atoms with Crippen molar-refractivity contribution in [3.05, 3.63) is 29.0 Å². The van der Waals surface area contributed by atoms with Crippen LogP contribution in [0.5, 0.6) is 0 Å². The second kappa shape index (κ2) is 5.64. The highest BCUT2D eigenvalue weighted by atomic mass is 35.5. The minimum absolute atomic E-state index is 0.0191. The van der Waals surface area contributed by atoms with Crippen LogP contribution in [0.4, 0.5) is 0 Å². The molecule has 21 heavy (non-hydrogen) atoms. The van der Waals surface area contributed by atoms with Crippen LogP contribution in [-0.2, 0) is 16.1 Å². The van der Waals surface area contributed by atoms with Gasteiger partial charge in [-0.2, -0.15) is 0 Å². The molecule has 0 aromatic carbocycles. The van der Waals surface area contributed by atoms with Crippen molar-refractivity contribution in [3.8, 4) is 0 Å². The van der Waals surface area contributed by atoms with Crippen molar-refractivity contribution in [1.82, 2.24) is 15.2 Å². The number of rotatable bonds is 3. The van der Waals surface area contributed by atoms with E-state index >= 15 is 0 Å². The van der Waals surface area contributed by atoms with Gasteiger partial charge in [-0.3, -0.25) is 14.6 Å². The first-order valence-electron chi connectivity index (χ1n) is 6.95. The average Bonchev–Trinajstić information content (AvgIpc) is 2.37. The number of aromatic nitrogens is 1. The molecule has 1 aliphatic heterocycles. The SMILES string of the molecule is CC(C)C1C(=O)NC(C)(C)C(=O)N1Cc1ccncc1Cl. The normalized spacial score (nSPS) is 21.6. The third-order valence-electron chi connectivity index (χ3n) is 3.66. The lowest BCUT2D eigenvalue weighted by molar-refractivity contribution is -0.156. The summed E-state index contributed by atoms with van der Waals surface area (Å²) < 4.78 is 0. The lowest BCUT2D eigenvalue weighted by Gasteiger charge is -2.44. The fourth-order valence-corrected chi connectivity index (χ4v) is 2.79. The Morgan fingerprint density at radius 3 is 2.67 bits per heavy atom. The summed E-state index contributed by atoms with van der Waals surface area (Å²) in [5.41, 5.74) is -0.113. The topological polar surface area (TPSA) is 62.3 Å². The standard InChI is InChI=1S/C15H20ClN3O2/c1-9(2)12-13(20)18-15(3,4)14(21)19(12)8-10-5-6-17-7-11(10)16/h5-7,9,12H,8H2,1-4H3,(H,18,20). The summed E-state index contributed by atoms with van der Waals surface area (Å²) in [5.74, 6) is -0.209. The molecule has 6 heteroatoms. The maximum absolute atomic E-state index is 12.7. The zero-order chi connectivity index (χ0) is 15.8. The predicted octanol–water partition coefficient (Wildman–Crippen LogP) is 2.00. The third-order valence-corrected chi connectivity index (χ3v) is 4.00. The highest BCUT2D eigenvalue weighted by Gasteiger charge is 2.46. The minimum atomic E-state index is -0.901. The van der Waals surface area contributed by atoms with Gasteiger partial charge >= 0.3 is 0 Å². The van der Waals surface area contributed by atoms with Crippen LogP contribution in [0.3, 0.4) is 0 Å². The van der Waals surface area contributed by atoms with Crippen LogP contribution in [0.1, 0.15) is 33.3 Å². The molecule has 1 saturated heterocycles. The summed E-state index contributed by atoms with van der Waals surface area (Å²) in [5, 5.41) is 3.29. The number of carbonyl (C=O) groups excluding carboxylic acids is 2. The number of piperazine rings is 1. The molecule has 2 rings (SSSR count). The first-order valence-corrected chi connectivity index (χ1v) is 7.33. The lowest BCUT2D eigenvalue weighted by Crippen LogP contribution is -2.68. The van der Waals surface area contributed by atoms with E-state index in [9.17, 15) is 9.59 Å². The molecule has 2 heterocycles. The second-order valence-corrected chi connectivity index (χ2v) is 6.61. The third kappa shape index (κ3) is 3.02. The van der Waals surface area contributed by atoms with Gasteiger partial charge in [-0.1, -0.05) is 25.4 Å². The molecular weight excluding hydrogens is 290 g/mol. The molecule has 1 unspecified atom stereocenters. The Hall–Kier alpha value is -1.62. The average molecular weight is 310 g/mol. The molecule has 1 aromatic rings. The van der Waals surface area contributed by atoms with E-state index < -0.39 is 11.6 Å². The van der Waals surface area contributed by atoms with E-state index in [-0.39, 0.29) is 17.7 Å². The van der Waals surface area contributed by atoms with Gasteiger partial charge < -0.3 is 10.2 Å². The molecule has 1 aromatic heterocycles. The zero-order valence-corrected chi connectivity index (χ0v) is 13.4. The number of amides is 2. The van der Waals surface area contributed by atoms with Crippen molar-refractivity contribution in [1.29, 1.82) is 0 Å². The van der Waals surface area contributed by atoms with E-state index in [0.717, 1.165) is 5.56 Å². The van der Waals surface area contributed by atoms with Gasteiger partial charge in [0.2, 0.25) is 11.8 Å². The summed E-state index contributed by atoms with van der Waals surface area (Å²) in [6, 6.07) is 1.28. The molecule has 114 valence electrons. The highest BCUT2D eigenvalue weighted by Crippen LogP contribution is 2.26. The van der Waals surface area contributed by atoms with E-state index in [4.69, 9.17) is 11.6 Å². The van der Waals surface area contributed by atoms with Crippen molar-refractivity contribution in [2.45, 2.75) is 45.8 Å². The first kappa shape index (κ1) is 15.8. The van der Waals surface area contributed by atoms with Crippen LogP contribution in [-0.4, -0.2) is 33.3 Å². The monoisotopic (exact) mass is 309 g/mol. The number of hydrogen-bond acceptors (Lipinski definition) is 3. The Bertz CT molecular complexity index is 572. The van der Waals surface area contributed by atoms with Crippen molar-refractivity contribution >= 4 is 23.4 Å². The number of hydrogen-bond donors (Lipinski definition) is 1. The van der Waals surface area contributed by atoms with E-state index in [1.807, 2.05) is 13.8 Å². The molecule has 1 N–H and O–H groups in total. The van der Waals surface area contributed by atoms with Crippen LogP contribution in [0.25, 0.3) is 0 Å². The summed E-state index contributed by atoms with van der Waals surface area (Å²) >= 11 is 6.12. The Kier molecular flexibility index (Phi) is 4.23. The summed E-state index contributed by atoms with van der Waals surface area (Å²) in [6.45, 7) is 7.59. The molecular formula is C15H20ClN3O2. The minimum Gasteiger partial charge on any atom is -0.340 e. The summed E-state index contributed by atoms with van der Waals surface area (Å²) in [4.78, 5) is 30.6. The van der Waals surface area contributed by atoms with Gasteiger partial charge in [0.15, 0.2) is 0 Å². The molecule has 0 aliphatic carbocycles. The molecule has 0 spiro atoms. The van der Waals surface area contributed by atoms with Crippen LogP contribution in [0, 0.1) is 5.92 Å². The van der Waals surface area contributed by atoms with E-state index in [1.54, 1.807) is 37.2 Å². The summed E-state index contributed by atoms with van der Waals surface area (Å²) in [6.07, 6.45) is 3.17. The van der Waals surface area contributed by atoms with Crippen molar-refractivity contribution < 1.29 is 9.59 Å². The maximum Gasteiger partial charge on any atom is 0.248 e. The lowest BCUT2D eigenvalue weighted by atomic mass is 9.91. The Morgan fingerprint density at radius 2 is 2.10 bits per heavy atom. The fourth-order valence-electron chi connectivity index (χ4n) is 2.61. The largest absolute Gasteiger partial charge is 0.340 e. The predicted molar refractivity (Wildman–Crippen MR) is 80.6 cm³/mol. The number of carbonyl (C=O) groups is 2. The van der Waals surface area contributed by atoms with E-state index in [2.05, 4.69) is 10.3 Å². The van der Waals surface area contributed by atoms with Gasteiger partial charge in [0.1, 0.15) is 11.6 Å². The van der Waals surface area contributed by atoms with Gasteiger partial charge in [-0.05, 0) is 31.4 Å². The second-order valence-electron chi connectivity index (χ2n) is 6.20. The summed E-state index contributed by atoms with van der Waals surface area (Å²) in [7, 11) is 0. The smallest absolute Gasteiger partial charge is 0.248 e. The number of halogens is 1. The zero-order valence-electron chi connectivity index (χ0n) is 12.7. The van der Waals surface area contributed by atoms with Gasteiger partial charge in [-0.15, -0.1) is 0 Å². The molecule has 5 nitrogen and oxygen atoms in total. The molecule has 0 radical (unpaired) electrons. The van der Waals surface area contributed by atoms with Gasteiger partial charge in [0.05, 0.1) is 5.02 Å². The van der Waals surface area contributed by atoms with Crippen molar-refractivity contribution in [3.63, 3.8) is 0 Å². The van der Waals surface area contributed by atoms with Gasteiger partial charge in [-0.25, -0.2) is 0 Å². The van der Waals surface area contributed by atoms with Gasteiger partial charge in [0.25, 0.3) is 0 Å². The highest BCUT2D eigenvalue weighted by molar-refractivity contribution is 6.31. The van der Waals surface area contributed by atoms with Crippen LogP contribution in [0.15, 0.2) is 18.5 Å². The Morgan fingerprint density at radius 1 is 1.43 bits per heavy atom. The quantitative estimate of drug-likeness (QED) is 0.929. The Labute approximate surface area is 129 Å². The number of pyridine rings is 1.